The molecule has 0 aliphatic heterocycles. The van der Waals surface area contributed by atoms with Crippen LogP contribution in [0.5, 0.6) is 0 Å². The Kier molecular flexibility index (Phi) is 3.61. The third-order valence-electron chi connectivity index (χ3n) is 3.24. The van der Waals surface area contributed by atoms with Crippen LogP contribution in [0.15, 0.2) is 18.3 Å². The molecule has 0 spiro atoms. The van der Waals surface area contributed by atoms with Gasteiger partial charge in [0.25, 0.3) is 0 Å². The topological polar surface area (TPSA) is 42.4 Å². The smallest absolute Gasteiger partial charge is 0.339 e. The van der Waals surface area contributed by atoms with E-state index in [0.29, 0.717) is 18.2 Å². The number of pyridine rings is 1. The quantitative estimate of drug-likeness (QED) is 0.749. The van der Waals surface area contributed by atoms with Crippen LogP contribution in [0.2, 0.25) is 0 Å². The van der Waals surface area contributed by atoms with Gasteiger partial charge in [-0.1, -0.05) is 0 Å². The van der Waals surface area contributed by atoms with E-state index in [1.165, 1.54) is 19.3 Å². The van der Waals surface area contributed by atoms with Gasteiger partial charge < -0.3 is 9.64 Å². The Labute approximate surface area is 102 Å². The summed E-state index contributed by atoms with van der Waals surface area (Å²) in [6.45, 7) is 2.19. The predicted octanol–water partition coefficient (Wildman–Crippen LogP) is 2.25. The molecule has 17 heavy (non-hydrogen) atoms. The van der Waals surface area contributed by atoms with E-state index in [2.05, 4.69) is 16.9 Å². The molecule has 1 aromatic rings. The van der Waals surface area contributed by atoms with Crippen LogP contribution in [-0.4, -0.2) is 30.6 Å². The van der Waals surface area contributed by atoms with Gasteiger partial charge >= 0.3 is 5.97 Å². The molecular weight excluding hydrogens is 216 g/mol. The molecule has 1 saturated carbocycles. The zero-order valence-electron chi connectivity index (χ0n) is 10.3. The highest BCUT2D eigenvalue weighted by Crippen LogP contribution is 2.26. The van der Waals surface area contributed by atoms with E-state index in [1.54, 1.807) is 19.2 Å². The van der Waals surface area contributed by atoms with Crippen molar-refractivity contribution in [1.82, 2.24) is 4.98 Å². The van der Waals surface area contributed by atoms with Crippen molar-refractivity contribution < 1.29 is 9.53 Å². The Balaban J connectivity index is 2.04. The van der Waals surface area contributed by atoms with Gasteiger partial charge in [0.2, 0.25) is 0 Å². The van der Waals surface area contributed by atoms with Crippen molar-refractivity contribution in [3.05, 3.63) is 23.9 Å². The number of hydrogen-bond acceptors (Lipinski definition) is 4. The first-order chi connectivity index (χ1) is 8.22. The van der Waals surface area contributed by atoms with Gasteiger partial charge in [0.05, 0.1) is 12.2 Å². The average molecular weight is 234 g/mol. The lowest BCUT2D eigenvalue weighted by Gasteiger charge is -2.35. The summed E-state index contributed by atoms with van der Waals surface area (Å²) in [6.07, 6.45) is 5.36. The van der Waals surface area contributed by atoms with E-state index < -0.39 is 0 Å². The maximum Gasteiger partial charge on any atom is 0.339 e. The van der Waals surface area contributed by atoms with Crippen LogP contribution in [0.25, 0.3) is 0 Å². The van der Waals surface area contributed by atoms with Crippen LogP contribution in [0.3, 0.4) is 0 Å². The number of rotatable bonds is 4. The summed E-state index contributed by atoms with van der Waals surface area (Å²) in [4.78, 5) is 17.9. The minimum Gasteiger partial charge on any atom is -0.462 e. The summed E-state index contributed by atoms with van der Waals surface area (Å²) >= 11 is 0. The highest BCUT2D eigenvalue weighted by atomic mass is 16.5. The third kappa shape index (κ3) is 2.57. The van der Waals surface area contributed by atoms with E-state index in [0.717, 1.165) is 5.82 Å². The van der Waals surface area contributed by atoms with Gasteiger partial charge in [0.1, 0.15) is 5.82 Å². The highest BCUT2D eigenvalue weighted by molar-refractivity contribution is 5.89. The predicted molar refractivity (Wildman–Crippen MR) is 66.2 cm³/mol. The van der Waals surface area contributed by atoms with Crippen LogP contribution in [0.1, 0.15) is 36.5 Å². The molecule has 1 heterocycles. The normalized spacial score (nSPS) is 15.2. The van der Waals surface area contributed by atoms with E-state index in [4.69, 9.17) is 4.74 Å². The molecule has 0 saturated heterocycles. The number of esters is 1. The number of carbonyl (C=O) groups excluding carboxylic acids is 1. The summed E-state index contributed by atoms with van der Waals surface area (Å²) in [5.74, 6) is 0.612. The van der Waals surface area contributed by atoms with Crippen molar-refractivity contribution in [3.63, 3.8) is 0 Å². The van der Waals surface area contributed by atoms with Crippen LogP contribution in [0.4, 0.5) is 5.82 Å². The molecule has 2 rings (SSSR count). The van der Waals surface area contributed by atoms with Gasteiger partial charge in [0.15, 0.2) is 0 Å². The first kappa shape index (κ1) is 11.9. The SMILES string of the molecule is CCOC(=O)c1ccc(N(C)C2CCC2)nc1. The Morgan fingerprint density at radius 1 is 1.53 bits per heavy atom. The van der Waals surface area contributed by atoms with Crippen LogP contribution in [-0.2, 0) is 4.74 Å². The number of anilines is 1. The fraction of sp³-hybridized carbons (Fsp3) is 0.538. The van der Waals surface area contributed by atoms with Crippen molar-refractivity contribution in [2.75, 3.05) is 18.6 Å². The minimum absolute atomic E-state index is 0.308. The summed E-state index contributed by atoms with van der Waals surface area (Å²) < 4.78 is 4.92. The second kappa shape index (κ2) is 5.17. The van der Waals surface area contributed by atoms with Gasteiger partial charge in [-0.2, -0.15) is 0 Å². The molecule has 1 aliphatic carbocycles. The summed E-state index contributed by atoms with van der Waals surface area (Å²) in [7, 11) is 2.05. The molecule has 0 atom stereocenters. The largest absolute Gasteiger partial charge is 0.462 e. The first-order valence-corrected chi connectivity index (χ1v) is 6.08. The van der Waals surface area contributed by atoms with Crippen LogP contribution < -0.4 is 4.90 Å². The van der Waals surface area contributed by atoms with E-state index in [-0.39, 0.29) is 5.97 Å². The van der Waals surface area contributed by atoms with Crippen molar-refractivity contribution in [1.29, 1.82) is 0 Å². The molecule has 0 unspecified atom stereocenters. The Hall–Kier alpha value is -1.58. The molecule has 1 aliphatic rings. The molecule has 1 aromatic heterocycles. The zero-order chi connectivity index (χ0) is 12.3. The monoisotopic (exact) mass is 234 g/mol. The standard InChI is InChI=1S/C13H18N2O2/c1-3-17-13(16)10-7-8-12(14-9-10)15(2)11-5-4-6-11/h7-9,11H,3-6H2,1-2H3. The second-order valence-corrected chi connectivity index (χ2v) is 4.32. The zero-order valence-corrected chi connectivity index (χ0v) is 10.3. The summed E-state index contributed by atoms with van der Waals surface area (Å²) in [6, 6.07) is 4.26. The molecule has 0 aromatic carbocycles. The molecule has 4 heteroatoms. The van der Waals surface area contributed by atoms with Crippen molar-refractivity contribution in [2.24, 2.45) is 0 Å². The molecule has 0 N–H and O–H groups in total. The molecule has 4 nitrogen and oxygen atoms in total. The van der Waals surface area contributed by atoms with Crippen LogP contribution in [0, 0.1) is 0 Å². The molecule has 92 valence electrons. The summed E-state index contributed by atoms with van der Waals surface area (Å²) in [5.41, 5.74) is 0.512. The van der Waals surface area contributed by atoms with Crippen LogP contribution >= 0.6 is 0 Å². The fourth-order valence-corrected chi connectivity index (χ4v) is 1.89. The number of aromatic nitrogens is 1. The second-order valence-electron chi connectivity index (χ2n) is 4.32. The number of ether oxygens (including phenoxy) is 1. The van der Waals surface area contributed by atoms with E-state index >= 15 is 0 Å². The molecule has 0 bridgehead atoms. The van der Waals surface area contributed by atoms with Gasteiger partial charge in [-0.3, -0.25) is 0 Å². The lowest BCUT2D eigenvalue weighted by Crippen LogP contribution is -2.37. The first-order valence-electron chi connectivity index (χ1n) is 6.08. The average Bonchev–Trinajstić information content (AvgIpc) is 2.27. The number of nitrogens with zero attached hydrogens (tertiary/aromatic N) is 2. The lowest BCUT2D eigenvalue weighted by atomic mass is 9.92. The fourth-order valence-electron chi connectivity index (χ4n) is 1.89. The maximum atomic E-state index is 11.5. The lowest BCUT2D eigenvalue weighted by molar-refractivity contribution is 0.0526. The van der Waals surface area contributed by atoms with E-state index in [9.17, 15) is 4.79 Å². The van der Waals surface area contributed by atoms with Crippen molar-refractivity contribution in [2.45, 2.75) is 32.2 Å². The van der Waals surface area contributed by atoms with Gasteiger partial charge in [-0.05, 0) is 38.3 Å². The molecule has 0 radical (unpaired) electrons. The maximum absolute atomic E-state index is 11.5. The van der Waals surface area contributed by atoms with Gasteiger partial charge in [-0.15, -0.1) is 0 Å². The Morgan fingerprint density at radius 2 is 2.29 bits per heavy atom. The van der Waals surface area contributed by atoms with Crippen molar-refractivity contribution in [3.8, 4) is 0 Å². The third-order valence-corrected chi connectivity index (χ3v) is 3.24. The highest BCUT2D eigenvalue weighted by Gasteiger charge is 2.23. The number of carbonyl (C=O) groups is 1. The van der Waals surface area contributed by atoms with E-state index in [1.807, 2.05) is 6.07 Å². The summed E-state index contributed by atoms with van der Waals surface area (Å²) in [5, 5.41) is 0. The molecular formula is C13H18N2O2. The minimum atomic E-state index is -0.308. The molecule has 0 amide bonds. The number of hydrogen-bond donors (Lipinski definition) is 0. The van der Waals surface area contributed by atoms with Gasteiger partial charge in [0, 0.05) is 19.3 Å². The van der Waals surface area contributed by atoms with Gasteiger partial charge in [-0.25, -0.2) is 9.78 Å². The Morgan fingerprint density at radius 3 is 2.76 bits per heavy atom. The molecule has 1 fully saturated rings. The Bertz CT molecular complexity index is 385. The van der Waals surface area contributed by atoms with Crippen molar-refractivity contribution >= 4 is 11.8 Å².